The van der Waals surface area contributed by atoms with Crippen LogP contribution in [0.15, 0.2) is 42.5 Å². The monoisotopic (exact) mass is 337 g/mol. The quantitative estimate of drug-likeness (QED) is 0.497. The van der Waals surface area contributed by atoms with Gasteiger partial charge in [-0.25, -0.2) is 0 Å². The van der Waals surface area contributed by atoms with Crippen LogP contribution in [0.25, 0.3) is 0 Å². The van der Waals surface area contributed by atoms with E-state index in [1.165, 1.54) is 18.2 Å². The minimum absolute atomic E-state index is 0.0769. The lowest BCUT2D eigenvalue weighted by Gasteiger charge is -2.13. The summed E-state index contributed by atoms with van der Waals surface area (Å²) in [5.74, 6) is 0.622. The van der Waals surface area contributed by atoms with Gasteiger partial charge in [0.05, 0.1) is 28.4 Å². The topological polar surface area (TPSA) is 76.4 Å². The van der Waals surface area contributed by atoms with E-state index in [0.717, 1.165) is 0 Å². The molecule has 0 aliphatic rings. The van der Waals surface area contributed by atoms with Crippen molar-refractivity contribution in [2.24, 2.45) is 0 Å². The molecular weight excluding hydrogens is 326 g/mol. The molecule has 0 aliphatic carbocycles. The highest BCUT2D eigenvalue weighted by molar-refractivity contribution is 7.80. The second-order valence-corrected chi connectivity index (χ2v) is 5.02. The fourth-order valence-electron chi connectivity index (χ4n) is 1.75. The van der Waals surface area contributed by atoms with Crippen LogP contribution in [0.4, 0.5) is 17.1 Å². The van der Waals surface area contributed by atoms with Gasteiger partial charge in [-0.05, 0) is 30.4 Å². The first-order valence-electron chi connectivity index (χ1n) is 6.16. The first-order valence-corrected chi connectivity index (χ1v) is 6.95. The minimum Gasteiger partial charge on any atom is -0.495 e. The number of hydrogen-bond acceptors (Lipinski definition) is 4. The molecule has 0 unspecified atom stereocenters. The molecule has 0 saturated carbocycles. The number of para-hydroxylation sites is 2. The fraction of sp³-hybridized carbons (Fsp3) is 0.0714. The average molecular weight is 338 g/mol. The number of thiocarbonyl (C=S) groups is 1. The van der Waals surface area contributed by atoms with Crippen molar-refractivity contribution in [3.8, 4) is 5.75 Å². The molecule has 0 spiro atoms. The van der Waals surface area contributed by atoms with Gasteiger partial charge in [-0.3, -0.25) is 10.1 Å². The lowest BCUT2D eigenvalue weighted by atomic mass is 10.3. The van der Waals surface area contributed by atoms with E-state index in [-0.39, 0.29) is 10.8 Å². The highest BCUT2D eigenvalue weighted by Crippen LogP contribution is 2.28. The molecule has 22 heavy (non-hydrogen) atoms. The summed E-state index contributed by atoms with van der Waals surface area (Å²) >= 11 is 11.2. The van der Waals surface area contributed by atoms with Crippen LogP contribution in [-0.2, 0) is 0 Å². The number of halogens is 1. The maximum atomic E-state index is 10.8. The number of nitrogens with zero attached hydrogens (tertiary/aromatic N) is 1. The van der Waals surface area contributed by atoms with Gasteiger partial charge in [0.1, 0.15) is 5.75 Å². The number of anilines is 2. The van der Waals surface area contributed by atoms with E-state index in [4.69, 9.17) is 28.6 Å². The lowest BCUT2D eigenvalue weighted by Crippen LogP contribution is -2.19. The van der Waals surface area contributed by atoms with Crippen molar-refractivity contribution in [3.63, 3.8) is 0 Å². The summed E-state index contributed by atoms with van der Waals surface area (Å²) in [4.78, 5) is 10.3. The molecule has 0 atom stereocenters. The summed E-state index contributed by atoms with van der Waals surface area (Å²) in [7, 11) is 1.55. The third-order valence-corrected chi connectivity index (χ3v) is 3.30. The third-order valence-electron chi connectivity index (χ3n) is 2.76. The van der Waals surface area contributed by atoms with E-state index >= 15 is 0 Å². The molecule has 0 aromatic heterocycles. The molecule has 6 nitrogen and oxygen atoms in total. The van der Waals surface area contributed by atoms with Gasteiger partial charge in [-0.1, -0.05) is 23.7 Å². The predicted molar refractivity (Wildman–Crippen MR) is 90.9 cm³/mol. The van der Waals surface area contributed by atoms with E-state index < -0.39 is 4.92 Å². The van der Waals surface area contributed by atoms with Crippen LogP contribution in [0.5, 0.6) is 5.75 Å². The SMILES string of the molecule is COc1ccccc1NC(=S)Nc1cc([N+](=O)[O-])ccc1Cl. The second kappa shape index (κ2) is 7.06. The van der Waals surface area contributed by atoms with Crippen molar-refractivity contribution in [2.45, 2.75) is 0 Å². The largest absolute Gasteiger partial charge is 0.495 e. The van der Waals surface area contributed by atoms with Gasteiger partial charge in [-0.15, -0.1) is 0 Å². The number of methoxy groups -OCH3 is 1. The summed E-state index contributed by atoms with van der Waals surface area (Å²) < 4.78 is 5.21. The van der Waals surface area contributed by atoms with Crippen LogP contribution in [0, 0.1) is 10.1 Å². The predicted octanol–water partition coefficient (Wildman–Crippen LogP) is 4.07. The molecule has 0 amide bonds. The Kier molecular flexibility index (Phi) is 5.13. The molecule has 2 rings (SSSR count). The van der Waals surface area contributed by atoms with Gasteiger partial charge >= 0.3 is 0 Å². The molecule has 2 N–H and O–H groups in total. The third kappa shape index (κ3) is 3.84. The number of nitro benzene ring substituents is 1. The molecule has 2 aromatic carbocycles. The summed E-state index contributed by atoms with van der Waals surface area (Å²) in [6.45, 7) is 0. The van der Waals surface area contributed by atoms with E-state index in [0.29, 0.717) is 22.1 Å². The van der Waals surface area contributed by atoms with Crippen LogP contribution in [0.2, 0.25) is 5.02 Å². The van der Waals surface area contributed by atoms with Gasteiger partial charge in [-0.2, -0.15) is 0 Å². The van der Waals surface area contributed by atoms with Crippen molar-refractivity contribution in [3.05, 3.63) is 57.6 Å². The summed E-state index contributed by atoms with van der Waals surface area (Å²) in [5, 5.41) is 17.2. The highest BCUT2D eigenvalue weighted by Gasteiger charge is 2.11. The second-order valence-electron chi connectivity index (χ2n) is 4.20. The molecule has 0 radical (unpaired) electrons. The van der Waals surface area contributed by atoms with Gasteiger partial charge in [0.25, 0.3) is 5.69 Å². The Hall–Kier alpha value is -2.38. The Morgan fingerprint density at radius 2 is 1.91 bits per heavy atom. The Labute approximate surface area is 137 Å². The van der Waals surface area contributed by atoms with Crippen LogP contribution in [0.1, 0.15) is 0 Å². The summed E-state index contributed by atoms with van der Waals surface area (Å²) in [5.41, 5.74) is 0.944. The van der Waals surface area contributed by atoms with Crippen LogP contribution in [0.3, 0.4) is 0 Å². The summed E-state index contributed by atoms with van der Waals surface area (Å²) in [6, 6.07) is 11.3. The van der Waals surface area contributed by atoms with Gasteiger partial charge in [0.2, 0.25) is 0 Å². The van der Waals surface area contributed by atoms with Crippen molar-refractivity contribution < 1.29 is 9.66 Å². The Morgan fingerprint density at radius 3 is 2.59 bits per heavy atom. The number of hydrogen-bond donors (Lipinski definition) is 2. The average Bonchev–Trinajstić information content (AvgIpc) is 2.49. The zero-order valence-electron chi connectivity index (χ0n) is 11.5. The van der Waals surface area contributed by atoms with Crippen LogP contribution < -0.4 is 15.4 Å². The molecule has 0 bridgehead atoms. The maximum Gasteiger partial charge on any atom is 0.271 e. The fourth-order valence-corrected chi connectivity index (χ4v) is 2.13. The Morgan fingerprint density at radius 1 is 1.23 bits per heavy atom. The number of nitrogens with one attached hydrogen (secondary N) is 2. The van der Waals surface area contributed by atoms with E-state index in [1.54, 1.807) is 19.2 Å². The van der Waals surface area contributed by atoms with Crippen LogP contribution in [-0.4, -0.2) is 17.1 Å². The van der Waals surface area contributed by atoms with E-state index in [2.05, 4.69) is 10.6 Å². The Bertz CT molecular complexity index is 724. The normalized spacial score (nSPS) is 9.91. The van der Waals surface area contributed by atoms with Gasteiger partial charge in [0.15, 0.2) is 5.11 Å². The first kappa shape index (κ1) is 16.0. The number of ether oxygens (including phenoxy) is 1. The molecule has 114 valence electrons. The zero-order valence-corrected chi connectivity index (χ0v) is 13.1. The van der Waals surface area contributed by atoms with Crippen molar-refractivity contribution in [1.82, 2.24) is 0 Å². The van der Waals surface area contributed by atoms with Gasteiger partial charge < -0.3 is 15.4 Å². The molecule has 0 heterocycles. The molecule has 0 aliphatic heterocycles. The minimum atomic E-state index is -0.502. The number of non-ortho nitro benzene ring substituents is 1. The summed E-state index contributed by atoms with van der Waals surface area (Å²) in [6.07, 6.45) is 0. The van der Waals surface area contributed by atoms with E-state index in [1.807, 2.05) is 12.1 Å². The Balaban J connectivity index is 2.15. The highest BCUT2D eigenvalue weighted by atomic mass is 35.5. The van der Waals surface area contributed by atoms with Gasteiger partial charge in [0, 0.05) is 12.1 Å². The smallest absolute Gasteiger partial charge is 0.271 e. The maximum absolute atomic E-state index is 10.8. The number of rotatable bonds is 4. The number of benzene rings is 2. The molecule has 0 saturated heterocycles. The molecule has 0 fully saturated rings. The van der Waals surface area contributed by atoms with Crippen molar-refractivity contribution >= 4 is 46.0 Å². The lowest BCUT2D eigenvalue weighted by molar-refractivity contribution is -0.384. The first-order chi connectivity index (χ1) is 10.5. The van der Waals surface area contributed by atoms with E-state index in [9.17, 15) is 10.1 Å². The standard InChI is InChI=1S/C14H12ClN3O3S/c1-21-13-5-3-2-4-11(13)16-14(22)17-12-8-9(18(19)20)6-7-10(12)15/h2-8H,1H3,(H2,16,17,22). The molecule has 2 aromatic rings. The number of nitro groups is 1. The van der Waals surface area contributed by atoms with Crippen molar-refractivity contribution in [2.75, 3.05) is 17.7 Å². The molecule has 8 heteroatoms. The molecular formula is C14H12ClN3O3S. The van der Waals surface area contributed by atoms with Crippen LogP contribution >= 0.6 is 23.8 Å². The van der Waals surface area contributed by atoms with Crippen molar-refractivity contribution in [1.29, 1.82) is 0 Å². The zero-order chi connectivity index (χ0) is 16.1.